The Morgan fingerprint density at radius 1 is 0.679 bits per heavy atom. The average molecular weight is 506 g/mol. The van der Waals surface area contributed by atoms with E-state index in [0.717, 1.165) is 29.3 Å². The van der Waals surface area contributed by atoms with Crippen LogP contribution in [0.25, 0.3) is 0 Å². The van der Waals surface area contributed by atoms with Gasteiger partial charge >= 0.3 is 0 Å². The van der Waals surface area contributed by atoms with Crippen molar-refractivity contribution in [2.24, 2.45) is 0 Å². The van der Waals surface area contributed by atoms with Gasteiger partial charge in [-0.2, -0.15) is 0 Å². The summed E-state index contributed by atoms with van der Waals surface area (Å²) in [4.78, 5) is 0. The van der Waals surface area contributed by atoms with Gasteiger partial charge in [-0.3, -0.25) is 0 Å². The molecule has 0 saturated carbocycles. The molecule has 0 heterocycles. The van der Waals surface area contributed by atoms with Gasteiger partial charge in [-0.1, -0.05) is 98.6 Å². The van der Waals surface area contributed by atoms with Crippen LogP contribution in [0.1, 0.15) is 22.3 Å². The normalized spacial score (nSPS) is 10.2. The van der Waals surface area contributed by atoms with Crippen molar-refractivity contribution >= 4 is 31.9 Å². The fourth-order valence-electron chi connectivity index (χ4n) is 2.53. The Hall–Kier alpha value is -1.46. The van der Waals surface area contributed by atoms with Gasteiger partial charge in [0.1, 0.15) is 0 Å². The molecule has 0 aliphatic rings. The third kappa shape index (κ3) is 9.16. The maximum atomic E-state index is 8.58. The summed E-state index contributed by atoms with van der Waals surface area (Å²) in [5.41, 5.74) is 5.04. The van der Waals surface area contributed by atoms with Crippen molar-refractivity contribution in [1.82, 2.24) is 0 Å². The molecular weight excluding hydrogens is 480 g/mol. The first-order valence-corrected chi connectivity index (χ1v) is 11.2. The van der Waals surface area contributed by atoms with E-state index in [1.54, 1.807) is 0 Å². The van der Waals surface area contributed by atoms with Crippen LogP contribution in [0.2, 0.25) is 0 Å². The van der Waals surface area contributed by atoms with Gasteiger partial charge in [0, 0.05) is 16.4 Å². The lowest BCUT2D eigenvalue weighted by atomic mass is 10.1. The first-order chi connectivity index (χ1) is 13.7. The zero-order chi connectivity index (χ0) is 20.0. The maximum absolute atomic E-state index is 8.58. The highest BCUT2D eigenvalue weighted by molar-refractivity contribution is 9.10. The van der Waals surface area contributed by atoms with E-state index in [1.807, 2.05) is 42.5 Å². The molecule has 1 N–H and O–H groups in total. The molecule has 0 aliphatic heterocycles. The van der Waals surface area contributed by atoms with Gasteiger partial charge in [-0.05, 0) is 47.2 Å². The van der Waals surface area contributed by atoms with Crippen molar-refractivity contribution < 1.29 is 9.84 Å². The Labute approximate surface area is 184 Å². The first kappa shape index (κ1) is 22.8. The quantitative estimate of drug-likeness (QED) is 0.286. The fraction of sp³-hybridized carbons (Fsp3) is 0.250. The van der Waals surface area contributed by atoms with Crippen molar-refractivity contribution in [2.45, 2.75) is 24.8 Å². The number of rotatable bonds is 8. The summed E-state index contributed by atoms with van der Waals surface area (Å²) in [6.45, 7) is 1.69. The van der Waals surface area contributed by atoms with E-state index in [4.69, 9.17) is 9.84 Å². The highest BCUT2D eigenvalue weighted by Crippen LogP contribution is 2.10. The molecular formula is C24H26Br2O2. The summed E-state index contributed by atoms with van der Waals surface area (Å²) in [5, 5.41) is 9.49. The van der Waals surface area contributed by atoms with Gasteiger partial charge < -0.3 is 9.84 Å². The Kier molecular flexibility index (Phi) is 11.1. The lowest BCUT2D eigenvalue weighted by Crippen LogP contribution is -1.99. The van der Waals surface area contributed by atoms with E-state index in [9.17, 15) is 0 Å². The first-order valence-electron chi connectivity index (χ1n) is 9.32. The van der Waals surface area contributed by atoms with Crippen molar-refractivity contribution in [3.05, 3.63) is 106 Å². The largest absolute Gasteiger partial charge is 0.396 e. The van der Waals surface area contributed by atoms with Crippen molar-refractivity contribution in [1.29, 1.82) is 0 Å². The molecule has 0 aliphatic carbocycles. The molecule has 28 heavy (non-hydrogen) atoms. The van der Waals surface area contributed by atoms with Crippen LogP contribution in [0.5, 0.6) is 0 Å². The van der Waals surface area contributed by atoms with E-state index < -0.39 is 0 Å². The fourth-order valence-corrected chi connectivity index (χ4v) is 3.17. The number of alkyl halides is 1. The monoisotopic (exact) mass is 504 g/mol. The van der Waals surface area contributed by atoms with Crippen molar-refractivity contribution in [3.8, 4) is 0 Å². The predicted molar refractivity (Wildman–Crippen MR) is 124 cm³/mol. The van der Waals surface area contributed by atoms with Crippen LogP contribution < -0.4 is 0 Å². The number of hydrogen-bond donors (Lipinski definition) is 1. The van der Waals surface area contributed by atoms with Gasteiger partial charge in [0.2, 0.25) is 0 Å². The standard InChI is InChI=1S/C16H17BrO.C8H9BrO/c17-12-15-8-6-14(7-9-15)10-11-18-13-16-4-2-1-3-5-16;9-8-3-1-7(2-4-8)5-6-10/h1-9H,10-13H2;1-4,10H,5-6H2. The number of benzene rings is 3. The summed E-state index contributed by atoms with van der Waals surface area (Å²) in [7, 11) is 0. The van der Waals surface area contributed by atoms with Gasteiger partial charge in [0.25, 0.3) is 0 Å². The van der Waals surface area contributed by atoms with Gasteiger partial charge in [0.15, 0.2) is 0 Å². The van der Waals surface area contributed by atoms with Crippen LogP contribution in [-0.2, 0) is 29.5 Å². The molecule has 0 radical (unpaired) electrons. The lowest BCUT2D eigenvalue weighted by Gasteiger charge is -2.05. The number of hydrogen-bond acceptors (Lipinski definition) is 2. The van der Waals surface area contributed by atoms with Crippen LogP contribution in [0, 0.1) is 0 Å². The van der Waals surface area contributed by atoms with Crippen LogP contribution in [-0.4, -0.2) is 18.3 Å². The molecule has 2 nitrogen and oxygen atoms in total. The summed E-state index contributed by atoms with van der Waals surface area (Å²) in [6.07, 6.45) is 1.71. The smallest absolute Gasteiger partial charge is 0.0717 e. The highest BCUT2D eigenvalue weighted by atomic mass is 79.9. The van der Waals surface area contributed by atoms with E-state index in [1.165, 1.54) is 22.3 Å². The number of aliphatic hydroxyl groups is 1. The van der Waals surface area contributed by atoms with Gasteiger partial charge in [-0.25, -0.2) is 0 Å². The van der Waals surface area contributed by atoms with E-state index >= 15 is 0 Å². The molecule has 0 fully saturated rings. The molecule has 0 spiro atoms. The Morgan fingerprint density at radius 3 is 1.86 bits per heavy atom. The van der Waals surface area contributed by atoms with E-state index in [0.29, 0.717) is 6.61 Å². The molecule has 3 rings (SSSR count). The minimum atomic E-state index is 0.224. The topological polar surface area (TPSA) is 29.5 Å². The predicted octanol–water partition coefficient (Wildman–Crippen LogP) is 6.32. The Morgan fingerprint density at radius 2 is 1.25 bits per heavy atom. The van der Waals surface area contributed by atoms with Gasteiger partial charge in [-0.15, -0.1) is 0 Å². The number of ether oxygens (including phenoxy) is 1. The third-order valence-electron chi connectivity index (χ3n) is 4.14. The molecule has 0 saturated heterocycles. The summed E-state index contributed by atoms with van der Waals surface area (Å²) >= 11 is 6.78. The molecule has 4 heteroatoms. The number of aliphatic hydroxyl groups excluding tert-OH is 1. The van der Waals surface area contributed by atoms with E-state index in [2.05, 4.69) is 68.3 Å². The SMILES string of the molecule is BrCc1ccc(CCOCc2ccccc2)cc1.OCCc1ccc(Br)cc1. The maximum Gasteiger partial charge on any atom is 0.0717 e. The van der Waals surface area contributed by atoms with Crippen LogP contribution in [0.15, 0.2) is 83.3 Å². The molecule has 0 aromatic heterocycles. The van der Waals surface area contributed by atoms with Gasteiger partial charge in [0.05, 0.1) is 13.2 Å². The molecule has 3 aromatic carbocycles. The average Bonchev–Trinajstić information content (AvgIpc) is 2.75. The Balaban J connectivity index is 0.000000237. The second kappa shape index (κ2) is 13.7. The number of halogens is 2. The van der Waals surface area contributed by atoms with Crippen molar-refractivity contribution in [3.63, 3.8) is 0 Å². The zero-order valence-corrected chi connectivity index (χ0v) is 19.0. The molecule has 148 valence electrons. The third-order valence-corrected chi connectivity index (χ3v) is 5.31. The summed E-state index contributed by atoms with van der Waals surface area (Å²) in [6, 6.07) is 26.9. The molecule has 0 amide bonds. The Bertz CT molecular complexity index is 772. The summed E-state index contributed by atoms with van der Waals surface area (Å²) < 4.78 is 6.75. The second-order valence-electron chi connectivity index (χ2n) is 6.34. The highest BCUT2D eigenvalue weighted by Gasteiger charge is 1.96. The lowest BCUT2D eigenvalue weighted by molar-refractivity contribution is 0.124. The van der Waals surface area contributed by atoms with Crippen molar-refractivity contribution in [2.75, 3.05) is 13.2 Å². The molecule has 0 bridgehead atoms. The molecule has 0 unspecified atom stereocenters. The summed E-state index contributed by atoms with van der Waals surface area (Å²) in [5.74, 6) is 0. The van der Waals surface area contributed by atoms with Crippen LogP contribution >= 0.6 is 31.9 Å². The second-order valence-corrected chi connectivity index (χ2v) is 7.81. The van der Waals surface area contributed by atoms with Crippen LogP contribution in [0.3, 0.4) is 0 Å². The van der Waals surface area contributed by atoms with E-state index in [-0.39, 0.29) is 6.61 Å². The minimum Gasteiger partial charge on any atom is -0.396 e. The van der Waals surface area contributed by atoms with Crippen LogP contribution in [0.4, 0.5) is 0 Å². The molecule has 3 aromatic rings. The minimum absolute atomic E-state index is 0.224. The zero-order valence-electron chi connectivity index (χ0n) is 15.9. The molecule has 0 atom stereocenters.